The molecule has 0 spiro atoms. The van der Waals surface area contributed by atoms with Crippen molar-refractivity contribution in [2.75, 3.05) is 5.32 Å². The maximum absolute atomic E-state index is 12.5. The van der Waals surface area contributed by atoms with E-state index in [1.807, 2.05) is 41.8 Å². The maximum atomic E-state index is 12.5. The lowest BCUT2D eigenvalue weighted by Gasteiger charge is -2.06. The van der Waals surface area contributed by atoms with E-state index in [0.717, 1.165) is 16.3 Å². The molecule has 0 aliphatic carbocycles. The van der Waals surface area contributed by atoms with Crippen LogP contribution in [0.2, 0.25) is 0 Å². The van der Waals surface area contributed by atoms with Crippen LogP contribution in [0, 0.1) is 0 Å². The lowest BCUT2D eigenvalue weighted by Crippen LogP contribution is -2.11. The summed E-state index contributed by atoms with van der Waals surface area (Å²) < 4.78 is 5.69. The monoisotopic (exact) mass is 394 g/mol. The summed E-state index contributed by atoms with van der Waals surface area (Å²) in [4.78, 5) is 16.7. The van der Waals surface area contributed by atoms with Gasteiger partial charge in [0.15, 0.2) is 0 Å². The zero-order valence-corrected chi connectivity index (χ0v) is 15.7. The van der Waals surface area contributed by atoms with Crippen LogP contribution in [-0.2, 0) is 6.61 Å². The van der Waals surface area contributed by atoms with Gasteiger partial charge in [-0.25, -0.2) is 4.98 Å². The Morgan fingerprint density at radius 3 is 2.78 bits per heavy atom. The fourth-order valence-corrected chi connectivity index (χ4v) is 3.62. The van der Waals surface area contributed by atoms with Gasteiger partial charge in [0.25, 0.3) is 5.91 Å². The molecule has 2 aromatic carbocycles. The molecule has 0 aliphatic heterocycles. The molecule has 0 saturated carbocycles. The van der Waals surface area contributed by atoms with Crippen LogP contribution in [-0.4, -0.2) is 21.1 Å². The molecule has 0 radical (unpaired) electrons. The van der Waals surface area contributed by atoms with Gasteiger partial charge in [-0.05, 0) is 18.2 Å². The number of nitrogens with zero attached hydrogens (tertiary/aromatic N) is 3. The van der Waals surface area contributed by atoms with Crippen LogP contribution in [0.4, 0.5) is 5.13 Å². The summed E-state index contributed by atoms with van der Waals surface area (Å²) in [6.07, 6.45) is 0. The average Bonchev–Trinajstić information content (AvgIpc) is 3.39. The van der Waals surface area contributed by atoms with Gasteiger partial charge in [-0.3, -0.25) is 10.1 Å². The topological polar surface area (TPSA) is 77.0 Å². The Morgan fingerprint density at radius 2 is 1.96 bits per heavy atom. The Kier molecular flexibility index (Phi) is 5.17. The fourth-order valence-electron chi connectivity index (χ4n) is 2.33. The first kappa shape index (κ1) is 17.3. The Labute approximate surface area is 163 Å². The molecule has 0 unspecified atom stereocenters. The highest BCUT2D eigenvalue weighted by molar-refractivity contribution is 7.18. The van der Waals surface area contributed by atoms with Crippen molar-refractivity contribution in [2.45, 2.75) is 6.61 Å². The van der Waals surface area contributed by atoms with Crippen LogP contribution >= 0.6 is 22.7 Å². The van der Waals surface area contributed by atoms with E-state index in [1.165, 1.54) is 22.7 Å². The van der Waals surface area contributed by atoms with Crippen LogP contribution in [0.3, 0.4) is 0 Å². The van der Waals surface area contributed by atoms with Gasteiger partial charge < -0.3 is 4.74 Å². The first-order valence-electron chi connectivity index (χ1n) is 8.08. The van der Waals surface area contributed by atoms with Crippen molar-refractivity contribution in [1.29, 1.82) is 0 Å². The summed E-state index contributed by atoms with van der Waals surface area (Å²) in [7, 11) is 0. The summed E-state index contributed by atoms with van der Waals surface area (Å²) in [6, 6.07) is 16.7. The normalized spacial score (nSPS) is 10.5. The average molecular weight is 394 g/mol. The molecule has 0 fully saturated rings. The smallest absolute Gasteiger partial charge is 0.257 e. The molecule has 134 valence electrons. The first-order valence-corrected chi connectivity index (χ1v) is 9.84. The summed E-state index contributed by atoms with van der Waals surface area (Å²) in [5.41, 5.74) is 4.07. The van der Waals surface area contributed by atoms with Gasteiger partial charge in [-0.2, -0.15) is 0 Å². The third-order valence-corrected chi connectivity index (χ3v) is 5.16. The second kappa shape index (κ2) is 8.07. The molecular weight excluding hydrogens is 380 g/mol. The van der Waals surface area contributed by atoms with Gasteiger partial charge in [-0.15, -0.1) is 21.5 Å². The van der Waals surface area contributed by atoms with E-state index in [-0.39, 0.29) is 5.91 Å². The highest BCUT2D eigenvalue weighted by Crippen LogP contribution is 2.26. The predicted molar refractivity (Wildman–Crippen MR) is 106 cm³/mol. The molecule has 4 aromatic rings. The van der Waals surface area contributed by atoms with Crippen molar-refractivity contribution in [3.63, 3.8) is 0 Å². The third kappa shape index (κ3) is 4.36. The molecule has 8 heteroatoms. The van der Waals surface area contributed by atoms with Crippen molar-refractivity contribution in [3.05, 3.63) is 76.7 Å². The quantitative estimate of drug-likeness (QED) is 0.521. The van der Waals surface area contributed by atoms with Gasteiger partial charge >= 0.3 is 0 Å². The number of thiazole rings is 1. The van der Waals surface area contributed by atoms with E-state index in [0.29, 0.717) is 23.1 Å². The minimum atomic E-state index is -0.259. The van der Waals surface area contributed by atoms with Crippen molar-refractivity contribution in [3.8, 4) is 16.3 Å². The van der Waals surface area contributed by atoms with Crippen molar-refractivity contribution in [2.24, 2.45) is 0 Å². The molecule has 0 bridgehead atoms. The second-order valence-electron chi connectivity index (χ2n) is 5.53. The molecule has 4 rings (SSSR count). The number of hydrogen-bond acceptors (Lipinski definition) is 7. The van der Waals surface area contributed by atoms with Gasteiger partial charge in [-0.1, -0.05) is 47.7 Å². The van der Waals surface area contributed by atoms with E-state index in [2.05, 4.69) is 20.5 Å². The summed E-state index contributed by atoms with van der Waals surface area (Å²) in [6.45, 7) is 0.366. The molecule has 2 aromatic heterocycles. The van der Waals surface area contributed by atoms with E-state index < -0.39 is 0 Å². The SMILES string of the molecule is O=C(Nc1nnc(-c2ccccc2)s1)c1cccc(OCc2cscn2)c1. The zero-order valence-electron chi connectivity index (χ0n) is 14.0. The van der Waals surface area contributed by atoms with Crippen molar-refractivity contribution < 1.29 is 9.53 Å². The van der Waals surface area contributed by atoms with Crippen LogP contribution in [0.5, 0.6) is 5.75 Å². The van der Waals surface area contributed by atoms with Gasteiger partial charge in [0, 0.05) is 16.5 Å². The minimum Gasteiger partial charge on any atom is -0.487 e. The van der Waals surface area contributed by atoms with Crippen LogP contribution in [0.25, 0.3) is 10.6 Å². The molecule has 0 aliphatic rings. The molecule has 6 nitrogen and oxygen atoms in total. The van der Waals surface area contributed by atoms with Crippen LogP contribution in [0.1, 0.15) is 16.1 Å². The predicted octanol–water partition coefficient (Wildman–Crippen LogP) is 4.49. The number of carbonyl (C=O) groups excluding carboxylic acids is 1. The standard InChI is InChI=1S/C19H14N4O2S2/c24-17(21-19-23-22-18(27-19)13-5-2-1-3-6-13)14-7-4-8-16(9-14)25-10-15-11-26-12-20-15/h1-9,11-12H,10H2,(H,21,23,24). The number of rotatable bonds is 6. The van der Waals surface area contributed by atoms with Crippen LogP contribution < -0.4 is 10.1 Å². The number of carbonyl (C=O) groups is 1. The molecule has 1 amide bonds. The Bertz CT molecular complexity index is 1030. The third-order valence-electron chi connectivity index (χ3n) is 3.63. The number of nitrogens with one attached hydrogen (secondary N) is 1. The molecule has 27 heavy (non-hydrogen) atoms. The van der Waals surface area contributed by atoms with E-state index in [9.17, 15) is 4.79 Å². The summed E-state index contributed by atoms with van der Waals surface area (Å²) in [5, 5.41) is 14.1. The number of anilines is 1. The Balaban J connectivity index is 1.42. The Hall–Kier alpha value is -3.10. The lowest BCUT2D eigenvalue weighted by atomic mass is 10.2. The van der Waals surface area contributed by atoms with Crippen molar-refractivity contribution >= 4 is 33.7 Å². The molecular formula is C19H14N4O2S2. The molecule has 2 heterocycles. The molecule has 0 atom stereocenters. The van der Waals surface area contributed by atoms with E-state index >= 15 is 0 Å². The summed E-state index contributed by atoms with van der Waals surface area (Å²) >= 11 is 2.85. The van der Waals surface area contributed by atoms with Gasteiger partial charge in [0.05, 0.1) is 11.2 Å². The second-order valence-corrected chi connectivity index (χ2v) is 7.23. The number of benzene rings is 2. The number of hydrogen-bond donors (Lipinski definition) is 1. The van der Waals surface area contributed by atoms with E-state index in [1.54, 1.807) is 23.7 Å². The van der Waals surface area contributed by atoms with Gasteiger partial charge in [0.1, 0.15) is 17.4 Å². The zero-order chi connectivity index (χ0) is 18.5. The largest absolute Gasteiger partial charge is 0.487 e. The molecule has 0 saturated heterocycles. The van der Waals surface area contributed by atoms with Crippen molar-refractivity contribution in [1.82, 2.24) is 15.2 Å². The molecule has 1 N–H and O–H groups in total. The Morgan fingerprint density at radius 1 is 1.07 bits per heavy atom. The fraction of sp³-hybridized carbons (Fsp3) is 0.0526. The lowest BCUT2D eigenvalue weighted by molar-refractivity contribution is 0.102. The van der Waals surface area contributed by atoms with Crippen LogP contribution in [0.15, 0.2) is 65.5 Å². The van der Waals surface area contributed by atoms with E-state index in [4.69, 9.17) is 4.74 Å². The minimum absolute atomic E-state index is 0.259. The number of aromatic nitrogens is 3. The summed E-state index contributed by atoms with van der Waals surface area (Å²) in [5.74, 6) is 0.350. The highest BCUT2D eigenvalue weighted by atomic mass is 32.1. The number of ether oxygens (including phenoxy) is 1. The highest BCUT2D eigenvalue weighted by Gasteiger charge is 2.12. The maximum Gasteiger partial charge on any atom is 0.257 e. The first-order chi connectivity index (χ1) is 13.3. The number of amides is 1. The van der Waals surface area contributed by atoms with Gasteiger partial charge in [0.2, 0.25) is 5.13 Å².